The van der Waals surface area contributed by atoms with Crippen molar-refractivity contribution in [2.75, 3.05) is 6.61 Å². The van der Waals surface area contributed by atoms with Crippen molar-refractivity contribution in [2.24, 2.45) is 0 Å². The van der Waals surface area contributed by atoms with Crippen LogP contribution in [0.25, 0.3) is 0 Å². The van der Waals surface area contributed by atoms with Gasteiger partial charge in [0.25, 0.3) is 0 Å². The Bertz CT molecular complexity index is 209. The van der Waals surface area contributed by atoms with Gasteiger partial charge in [0.2, 0.25) is 0 Å². The van der Waals surface area contributed by atoms with Crippen LogP contribution in [0, 0.1) is 0 Å². The van der Waals surface area contributed by atoms with Crippen LogP contribution in [-0.4, -0.2) is 19.6 Å². The second kappa shape index (κ2) is 10.0. The molecule has 0 heterocycles. The van der Waals surface area contributed by atoms with E-state index in [0.717, 1.165) is 12.8 Å². The summed E-state index contributed by atoms with van der Waals surface area (Å²) >= 11 is 0. The van der Waals surface area contributed by atoms with Gasteiger partial charge in [0.05, 0.1) is 6.61 Å². The molecule has 0 aliphatic carbocycles. The molecule has 0 unspecified atom stereocenters. The number of hydrogen-bond donors (Lipinski definition) is 1. The molecule has 0 bridgehead atoms. The molecule has 0 saturated carbocycles. The first-order valence-electron chi connectivity index (χ1n) is 4.68. The molecule has 0 aromatic heterocycles. The molecule has 14 heavy (non-hydrogen) atoms. The normalized spacial score (nSPS) is 11.0. The minimum Gasteiger partial charge on any atom is -1.00 e. The molecule has 0 aliphatic heterocycles. The van der Waals surface area contributed by atoms with E-state index < -0.39 is 10.4 Å². The van der Waals surface area contributed by atoms with Crippen molar-refractivity contribution in [3.05, 3.63) is 0 Å². The molecule has 0 aromatic carbocycles. The molecule has 0 radical (unpaired) electrons. The average Bonchev–Trinajstić information content (AvgIpc) is 2.01. The van der Waals surface area contributed by atoms with Crippen LogP contribution in [0.5, 0.6) is 0 Å². The van der Waals surface area contributed by atoms with E-state index in [2.05, 4.69) is 11.1 Å². The Morgan fingerprint density at radius 2 is 1.64 bits per heavy atom. The summed E-state index contributed by atoms with van der Waals surface area (Å²) in [4.78, 5) is 0. The maximum Gasteiger partial charge on any atom is 1.00 e. The molecule has 0 atom stereocenters. The first-order valence-corrected chi connectivity index (χ1v) is 6.04. The van der Waals surface area contributed by atoms with Crippen LogP contribution in [0.3, 0.4) is 0 Å². The molecule has 0 fully saturated rings. The predicted octanol–water partition coefficient (Wildman–Crippen LogP) is -0.717. The minimum absolute atomic E-state index is 0. The van der Waals surface area contributed by atoms with Gasteiger partial charge in [0, 0.05) is 0 Å². The molecule has 6 heteroatoms. The van der Waals surface area contributed by atoms with E-state index in [9.17, 15) is 8.42 Å². The van der Waals surface area contributed by atoms with Crippen LogP contribution >= 0.6 is 0 Å². The summed E-state index contributed by atoms with van der Waals surface area (Å²) in [5, 5.41) is 0. The molecule has 4 nitrogen and oxygen atoms in total. The standard InChI is InChI=1S/C8H18O4S.Li.H/c1-2-3-4-5-6-7-8-12-13(9,10)11;;/h2-8H2,1H3,(H,9,10,11);;/q;+1;-1. The van der Waals surface area contributed by atoms with E-state index >= 15 is 0 Å². The molecule has 0 aliphatic rings. The molecular weight excluding hydrogens is 199 g/mol. The van der Waals surface area contributed by atoms with Gasteiger partial charge < -0.3 is 1.43 Å². The van der Waals surface area contributed by atoms with E-state index in [0.29, 0.717) is 6.42 Å². The first kappa shape index (κ1) is 16.9. The maximum atomic E-state index is 10.1. The van der Waals surface area contributed by atoms with Crippen molar-refractivity contribution in [1.29, 1.82) is 0 Å². The molecule has 0 saturated heterocycles. The molecule has 0 rings (SSSR count). The molecule has 82 valence electrons. The summed E-state index contributed by atoms with van der Waals surface area (Å²) in [5.74, 6) is 0. The molecule has 0 amide bonds. The number of unbranched alkanes of at least 4 members (excludes halogenated alkanes) is 5. The van der Waals surface area contributed by atoms with Crippen LogP contribution in [0.4, 0.5) is 0 Å². The van der Waals surface area contributed by atoms with Crippen molar-refractivity contribution in [2.45, 2.75) is 45.4 Å². The van der Waals surface area contributed by atoms with Crippen LogP contribution in [0.1, 0.15) is 46.9 Å². The number of hydrogen-bond acceptors (Lipinski definition) is 3. The van der Waals surface area contributed by atoms with Gasteiger partial charge in [-0.05, 0) is 6.42 Å². The zero-order valence-corrected chi connectivity index (χ0v) is 9.85. The first-order chi connectivity index (χ1) is 6.06. The third kappa shape index (κ3) is 15.0. The Labute approximate surface area is 100 Å². The van der Waals surface area contributed by atoms with Gasteiger partial charge in [-0.1, -0.05) is 39.0 Å². The second-order valence-electron chi connectivity index (χ2n) is 3.02. The SMILES string of the molecule is CCCCCCCCOS(=O)(=O)O.[H-].[Li+]. The smallest absolute Gasteiger partial charge is 1.00 e. The van der Waals surface area contributed by atoms with Crippen LogP contribution in [0.15, 0.2) is 0 Å². The van der Waals surface area contributed by atoms with Crippen molar-refractivity contribution >= 4 is 10.4 Å². The Morgan fingerprint density at radius 3 is 2.14 bits per heavy atom. The van der Waals surface area contributed by atoms with Gasteiger partial charge in [-0.2, -0.15) is 8.42 Å². The minimum atomic E-state index is -4.22. The van der Waals surface area contributed by atoms with Crippen LogP contribution in [-0.2, 0) is 14.6 Å². The second-order valence-corrected chi connectivity index (χ2v) is 4.11. The third-order valence-corrected chi connectivity index (χ3v) is 2.19. The van der Waals surface area contributed by atoms with Crippen molar-refractivity contribution < 1.29 is 37.4 Å². The van der Waals surface area contributed by atoms with Crippen molar-refractivity contribution in [3.63, 3.8) is 0 Å². The predicted molar refractivity (Wildman–Crippen MR) is 52.0 cm³/mol. The molecule has 0 aromatic rings. The fourth-order valence-electron chi connectivity index (χ4n) is 1.05. The van der Waals surface area contributed by atoms with E-state index in [1.807, 2.05) is 0 Å². The summed E-state index contributed by atoms with van der Waals surface area (Å²) in [6.45, 7) is 2.23. The van der Waals surface area contributed by atoms with Gasteiger partial charge >= 0.3 is 29.3 Å². The average molecular weight is 218 g/mol. The fourth-order valence-corrected chi connectivity index (χ4v) is 1.38. The summed E-state index contributed by atoms with van der Waals surface area (Å²) < 4.78 is 32.6. The topological polar surface area (TPSA) is 63.6 Å². The number of rotatable bonds is 8. The quantitative estimate of drug-likeness (QED) is 0.332. The van der Waals surface area contributed by atoms with Gasteiger partial charge in [-0.3, -0.25) is 4.55 Å². The summed E-state index contributed by atoms with van der Waals surface area (Å²) in [6.07, 6.45) is 6.34. The molecule has 0 spiro atoms. The van der Waals surface area contributed by atoms with Gasteiger partial charge in [-0.15, -0.1) is 0 Å². The summed E-state index contributed by atoms with van der Waals surface area (Å²) in [6, 6.07) is 0. The molecular formula is C8H19LiO4S. The van der Waals surface area contributed by atoms with Gasteiger partial charge in [-0.25, -0.2) is 4.18 Å². The zero-order chi connectivity index (χ0) is 10.2. The van der Waals surface area contributed by atoms with E-state index in [4.69, 9.17) is 4.55 Å². The van der Waals surface area contributed by atoms with E-state index in [1.165, 1.54) is 19.3 Å². The Morgan fingerprint density at radius 1 is 1.14 bits per heavy atom. The summed E-state index contributed by atoms with van der Waals surface area (Å²) in [7, 11) is -4.22. The van der Waals surface area contributed by atoms with Crippen molar-refractivity contribution in [1.82, 2.24) is 0 Å². The van der Waals surface area contributed by atoms with E-state index in [1.54, 1.807) is 0 Å². The largest absolute Gasteiger partial charge is 1.00 e. The van der Waals surface area contributed by atoms with E-state index in [-0.39, 0.29) is 26.9 Å². The van der Waals surface area contributed by atoms with Gasteiger partial charge in [0.1, 0.15) is 0 Å². The van der Waals surface area contributed by atoms with Crippen molar-refractivity contribution in [3.8, 4) is 0 Å². The Kier molecular flexibility index (Phi) is 12.1. The van der Waals surface area contributed by atoms with Gasteiger partial charge in [0.15, 0.2) is 0 Å². The Hall–Kier alpha value is 0.467. The van der Waals surface area contributed by atoms with Crippen LogP contribution < -0.4 is 18.9 Å². The maximum absolute atomic E-state index is 10.1. The zero-order valence-electron chi connectivity index (χ0n) is 10.0. The Balaban J connectivity index is -0.000000720. The molecule has 1 N–H and O–H groups in total. The fraction of sp³-hybridized carbons (Fsp3) is 1.00. The summed E-state index contributed by atoms with van der Waals surface area (Å²) in [5.41, 5.74) is 0. The third-order valence-electron chi connectivity index (χ3n) is 1.73. The monoisotopic (exact) mass is 218 g/mol. The van der Waals surface area contributed by atoms with Crippen LogP contribution in [0.2, 0.25) is 0 Å².